The first-order valence-corrected chi connectivity index (χ1v) is 19.4. The summed E-state index contributed by atoms with van der Waals surface area (Å²) in [7, 11) is -6.70. The molecule has 0 radical (unpaired) electrons. The lowest BCUT2D eigenvalue weighted by Crippen LogP contribution is -2.58. The third-order valence-corrected chi connectivity index (χ3v) is 11.2. The smallest absolute Gasteiger partial charge is 0.294 e. The van der Waals surface area contributed by atoms with E-state index in [9.17, 15) is 31.2 Å². The summed E-state index contributed by atoms with van der Waals surface area (Å²) in [5.74, 6) is -2.58. The molecule has 2 amide bonds. The van der Waals surface area contributed by atoms with Crippen molar-refractivity contribution in [2.75, 3.05) is 26.7 Å². The highest BCUT2D eigenvalue weighted by molar-refractivity contribution is 7.89. The number of ketones is 1. The molecule has 5 rings (SSSR count). The number of thiocarbonyl (C=S) groups is 1. The van der Waals surface area contributed by atoms with Crippen molar-refractivity contribution in [2.45, 2.75) is 48.1 Å². The maximum atomic E-state index is 13.7. The van der Waals surface area contributed by atoms with Crippen molar-refractivity contribution in [1.29, 1.82) is 5.41 Å². The molecule has 2 aliphatic rings. The van der Waals surface area contributed by atoms with Crippen LogP contribution in [0.25, 0.3) is 10.8 Å². The average Bonchev–Trinajstić information content (AvgIpc) is 3.12. The fourth-order valence-electron chi connectivity index (χ4n) is 5.54. The summed E-state index contributed by atoms with van der Waals surface area (Å²) in [4.78, 5) is 42.4. The van der Waals surface area contributed by atoms with Crippen LogP contribution in [0.4, 0.5) is 0 Å². The summed E-state index contributed by atoms with van der Waals surface area (Å²) in [5.41, 5.74) is 6.69. The zero-order chi connectivity index (χ0) is 38.2. The summed E-state index contributed by atoms with van der Waals surface area (Å²) in [6.45, 7) is 2.26. The van der Waals surface area contributed by atoms with E-state index in [4.69, 9.17) is 27.9 Å². The minimum absolute atomic E-state index is 0.0519. The molecule has 17 heteroatoms. The Morgan fingerprint density at radius 3 is 2.33 bits per heavy atom. The zero-order valence-electron chi connectivity index (χ0n) is 28.5. The molecule has 52 heavy (non-hydrogen) atoms. The van der Waals surface area contributed by atoms with E-state index in [1.54, 1.807) is 54.4 Å². The zero-order valence-corrected chi connectivity index (χ0v) is 30.9. The van der Waals surface area contributed by atoms with Crippen LogP contribution in [0.3, 0.4) is 0 Å². The number of hydrogen-bond acceptors (Lipinski definition) is 9. The van der Waals surface area contributed by atoms with Crippen LogP contribution in [-0.2, 0) is 34.5 Å². The number of fused-ring (bicyclic) bond motifs is 1. The molecule has 1 saturated heterocycles. The van der Waals surface area contributed by atoms with Gasteiger partial charge in [-0.1, -0.05) is 78.5 Å². The lowest BCUT2D eigenvalue weighted by Gasteiger charge is -2.39. The molecule has 0 spiro atoms. The number of hydrogen-bond donors (Lipinski definition) is 5. The SMILES string of the molecule is CN(C(=O)C(CNC(=O)C(=O)C1=CC=CCC1=S)NS(=O)(=O)c1ccc2ccccc2c1)[C@H]1CCCN(C(=N)N)C1.Cc1ccc(S(=O)(=O)O)cc1. The minimum Gasteiger partial charge on any atom is -0.370 e. The van der Waals surface area contributed by atoms with Gasteiger partial charge < -0.3 is 20.9 Å². The van der Waals surface area contributed by atoms with Gasteiger partial charge in [-0.25, -0.2) is 8.42 Å². The first-order valence-electron chi connectivity index (χ1n) is 16.1. The fourth-order valence-corrected chi connectivity index (χ4v) is 7.50. The number of allylic oxidation sites excluding steroid dienone is 3. The quantitative estimate of drug-likeness (QED) is 0.0663. The second-order valence-electron chi connectivity index (χ2n) is 12.2. The molecule has 2 atom stereocenters. The molecule has 6 N–H and O–H groups in total. The number of aryl methyl sites for hydroxylation is 1. The number of piperidine rings is 1. The standard InChI is InChI=1S/C28H32N6O5S2.C7H8O3S/c1-33(20-9-6-14-34(17-20)28(29)30)27(37)23(16-31-26(36)25(35)22-10-4-5-11-24(22)40)32-41(38,39)21-13-12-18-7-2-3-8-19(18)15-21;1-6-2-4-7(5-3-6)11(8,9)10/h2-5,7-8,10,12-13,15,20,23,32H,6,9,11,14,16-17H2,1H3,(H3,29,30)(H,31,36);2-5H,1H3,(H,8,9,10)/t20-,23?;/m0./s1. The van der Waals surface area contributed by atoms with Crippen LogP contribution >= 0.6 is 12.2 Å². The lowest BCUT2D eigenvalue weighted by atomic mass is 10.0. The van der Waals surface area contributed by atoms with Crippen molar-refractivity contribution in [1.82, 2.24) is 19.8 Å². The number of Topliss-reactive ketones (excluding diaryl/α,β-unsaturated/α-hetero) is 1. The van der Waals surface area contributed by atoms with Crippen molar-refractivity contribution >= 4 is 71.6 Å². The van der Waals surface area contributed by atoms with E-state index < -0.39 is 50.3 Å². The maximum absolute atomic E-state index is 13.7. The predicted octanol–water partition coefficient (Wildman–Crippen LogP) is 2.49. The first kappa shape index (κ1) is 40.0. The number of nitrogens with zero attached hydrogens (tertiary/aromatic N) is 2. The molecule has 276 valence electrons. The van der Waals surface area contributed by atoms with Crippen molar-refractivity contribution in [3.05, 3.63) is 96.1 Å². The van der Waals surface area contributed by atoms with E-state index >= 15 is 0 Å². The Morgan fingerprint density at radius 2 is 1.69 bits per heavy atom. The summed E-state index contributed by atoms with van der Waals surface area (Å²) in [6.07, 6.45) is 6.52. The molecular formula is C35H40N6O8S3. The van der Waals surface area contributed by atoms with E-state index in [1.165, 1.54) is 35.2 Å². The van der Waals surface area contributed by atoms with Crippen LogP contribution in [0, 0.1) is 12.3 Å². The monoisotopic (exact) mass is 768 g/mol. The number of amides is 2. The van der Waals surface area contributed by atoms with Gasteiger partial charge in [0.15, 0.2) is 5.96 Å². The normalized spacial score (nSPS) is 16.6. The van der Waals surface area contributed by atoms with Gasteiger partial charge in [0, 0.05) is 49.6 Å². The predicted molar refractivity (Wildman–Crippen MR) is 201 cm³/mol. The summed E-state index contributed by atoms with van der Waals surface area (Å²) >= 11 is 5.19. The van der Waals surface area contributed by atoms with Gasteiger partial charge in [0.1, 0.15) is 6.04 Å². The second-order valence-corrected chi connectivity index (χ2v) is 15.9. The van der Waals surface area contributed by atoms with Gasteiger partial charge in [0.2, 0.25) is 15.9 Å². The highest BCUT2D eigenvalue weighted by atomic mass is 32.2. The minimum atomic E-state index is -4.22. The summed E-state index contributed by atoms with van der Waals surface area (Å²) in [5, 5.41) is 11.7. The number of rotatable bonds is 10. The second kappa shape index (κ2) is 17.1. The van der Waals surface area contributed by atoms with Gasteiger partial charge in [0.25, 0.3) is 21.8 Å². The van der Waals surface area contributed by atoms with Crippen LogP contribution in [0.5, 0.6) is 0 Å². The Hall–Kier alpha value is -4.81. The van der Waals surface area contributed by atoms with E-state index in [1.807, 2.05) is 19.1 Å². The van der Waals surface area contributed by atoms with Crippen LogP contribution in [0.1, 0.15) is 24.8 Å². The highest BCUT2D eigenvalue weighted by Crippen LogP contribution is 2.20. The van der Waals surface area contributed by atoms with E-state index in [0.717, 1.165) is 10.9 Å². The Kier molecular flexibility index (Phi) is 13.2. The van der Waals surface area contributed by atoms with Crippen LogP contribution < -0.4 is 15.8 Å². The molecule has 1 unspecified atom stereocenters. The van der Waals surface area contributed by atoms with Gasteiger partial charge in [-0.3, -0.25) is 24.3 Å². The van der Waals surface area contributed by atoms with Crippen LogP contribution in [-0.4, -0.2) is 98.4 Å². The van der Waals surface area contributed by atoms with E-state index in [0.29, 0.717) is 42.6 Å². The molecule has 1 aliphatic carbocycles. The van der Waals surface area contributed by atoms with Gasteiger partial charge in [0.05, 0.1) is 9.79 Å². The Labute approximate surface area is 308 Å². The number of guanidine groups is 1. The number of nitrogens with one attached hydrogen (secondary N) is 3. The van der Waals surface area contributed by atoms with Gasteiger partial charge in [-0.05, 0) is 54.8 Å². The third-order valence-electron chi connectivity index (χ3n) is 8.50. The van der Waals surface area contributed by atoms with E-state index in [2.05, 4.69) is 10.0 Å². The van der Waals surface area contributed by atoms with Gasteiger partial charge >= 0.3 is 0 Å². The number of sulfonamides is 1. The van der Waals surface area contributed by atoms with Crippen LogP contribution in [0.2, 0.25) is 0 Å². The van der Waals surface area contributed by atoms with Crippen molar-refractivity contribution in [3.63, 3.8) is 0 Å². The topological polar surface area (TPSA) is 220 Å². The van der Waals surface area contributed by atoms with Crippen molar-refractivity contribution in [3.8, 4) is 0 Å². The Balaban J connectivity index is 0.000000470. The maximum Gasteiger partial charge on any atom is 0.294 e. The lowest BCUT2D eigenvalue weighted by molar-refractivity contribution is -0.137. The molecule has 1 fully saturated rings. The Bertz CT molecular complexity index is 2150. The molecule has 0 saturated carbocycles. The van der Waals surface area contributed by atoms with Crippen molar-refractivity contribution < 1.29 is 35.8 Å². The summed E-state index contributed by atoms with van der Waals surface area (Å²) < 4.78 is 58.9. The molecule has 1 heterocycles. The number of likely N-dealkylation sites (tertiary alicyclic amines) is 1. The molecule has 0 aromatic heterocycles. The molecule has 1 aliphatic heterocycles. The van der Waals surface area contributed by atoms with E-state index in [-0.39, 0.29) is 27.4 Å². The van der Waals surface area contributed by atoms with Crippen LogP contribution in [0.15, 0.2) is 100 Å². The number of carbonyl (C=O) groups excluding carboxylic acids is 3. The molecule has 14 nitrogen and oxygen atoms in total. The average molecular weight is 769 g/mol. The largest absolute Gasteiger partial charge is 0.370 e. The first-order chi connectivity index (χ1) is 24.5. The molecule has 3 aromatic rings. The molecule has 3 aromatic carbocycles. The fraction of sp³-hybridized carbons (Fsp3) is 0.286. The number of likely N-dealkylation sites (N-methyl/N-ethyl adjacent to an activating group) is 1. The number of carbonyl (C=O) groups is 3. The Morgan fingerprint density at radius 1 is 1.04 bits per heavy atom. The third kappa shape index (κ3) is 10.4. The van der Waals surface area contributed by atoms with Crippen molar-refractivity contribution in [2.24, 2.45) is 5.73 Å². The molecule has 0 bridgehead atoms. The number of nitrogens with two attached hydrogens (primary N) is 1. The number of benzene rings is 3. The summed E-state index contributed by atoms with van der Waals surface area (Å²) in [6, 6.07) is 16.1. The highest BCUT2D eigenvalue weighted by Gasteiger charge is 2.34. The molecular weight excluding hydrogens is 729 g/mol. The van der Waals surface area contributed by atoms with Gasteiger partial charge in [-0.2, -0.15) is 13.1 Å². The van der Waals surface area contributed by atoms with Gasteiger partial charge in [-0.15, -0.1) is 0 Å².